The van der Waals surface area contributed by atoms with Gasteiger partial charge in [0.2, 0.25) is 0 Å². The summed E-state index contributed by atoms with van der Waals surface area (Å²) in [6.45, 7) is 3.66. The summed E-state index contributed by atoms with van der Waals surface area (Å²) in [5.74, 6) is -1.19. The molecule has 0 bridgehead atoms. The number of fused-ring (bicyclic) bond motifs is 1. The van der Waals surface area contributed by atoms with Crippen LogP contribution in [0, 0.1) is 6.92 Å². The number of benzene rings is 1. The van der Waals surface area contributed by atoms with E-state index in [2.05, 4.69) is 20.1 Å². The van der Waals surface area contributed by atoms with Gasteiger partial charge in [-0.05, 0) is 30.7 Å². The molecule has 31 heavy (non-hydrogen) atoms. The quantitative estimate of drug-likeness (QED) is 0.564. The van der Waals surface area contributed by atoms with Crippen molar-refractivity contribution in [2.24, 2.45) is 0 Å². The third-order valence-corrected chi connectivity index (χ3v) is 4.32. The molecule has 0 atom stereocenters. The lowest BCUT2D eigenvalue weighted by atomic mass is 9.91. The number of carbonyl (C=O) groups is 1. The first-order valence-corrected chi connectivity index (χ1v) is 9.11. The standard InChI is InChI=1S/C20H19F5N4O2/c1-10-5-6-13(31-18(21)22)11(7-10)26-17(30)12-8-16-27-14(19(2,3)4)9-15(20(23,24)25)29(16)28-12/h5-9,18H,1-4H3,(H,26,30). The number of hydrogen-bond donors (Lipinski definition) is 1. The Labute approximate surface area is 174 Å². The molecular formula is C20H19F5N4O2. The van der Waals surface area contributed by atoms with E-state index < -0.39 is 29.8 Å². The number of aromatic nitrogens is 3. The lowest BCUT2D eigenvalue weighted by Gasteiger charge is -2.19. The first kappa shape index (κ1) is 22.4. The largest absolute Gasteiger partial charge is 0.433 e. The normalized spacial score (nSPS) is 12.5. The van der Waals surface area contributed by atoms with Crippen molar-refractivity contribution in [2.75, 3.05) is 5.32 Å². The Hall–Kier alpha value is -3.24. The van der Waals surface area contributed by atoms with Crippen LogP contribution in [-0.2, 0) is 11.6 Å². The molecule has 1 amide bonds. The molecule has 2 heterocycles. The molecule has 0 spiro atoms. The first-order valence-electron chi connectivity index (χ1n) is 9.11. The van der Waals surface area contributed by atoms with E-state index in [9.17, 15) is 26.7 Å². The molecule has 2 aromatic heterocycles. The second-order valence-electron chi connectivity index (χ2n) is 7.91. The predicted octanol–water partition coefficient (Wildman–Crippen LogP) is 5.21. The molecule has 3 rings (SSSR count). The number of hydrogen-bond acceptors (Lipinski definition) is 4. The minimum atomic E-state index is -4.74. The number of halogens is 5. The summed E-state index contributed by atoms with van der Waals surface area (Å²) < 4.78 is 70.9. The maximum Gasteiger partial charge on any atom is 0.433 e. The van der Waals surface area contributed by atoms with E-state index in [0.717, 1.165) is 12.1 Å². The summed E-state index contributed by atoms with van der Waals surface area (Å²) >= 11 is 0. The second kappa shape index (κ2) is 7.78. The summed E-state index contributed by atoms with van der Waals surface area (Å²) in [6.07, 6.45) is -4.74. The van der Waals surface area contributed by atoms with Crippen LogP contribution in [0.1, 0.15) is 48.2 Å². The van der Waals surface area contributed by atoms with E-state index in [1.807, 2.05) is 0 Å². The van der Waals surface area contributed by atoms with Crippen LogP contribution in [-0.4, -0.2) is 27.1 Å². The number of amides is 1. The van der Waals surface area contributed by atoms with Gasteiger partial charge >= 0.3 is 12.8 Å². The third-order valence-electron chi connectivity index (χ3n) is 4.32. The molecule has 0 radical (unpaired) electrons. The molecule has 1 N–H and O–H groups in total. The number of anilines is 1. The van der Waals surface area contributed by atoms with E-state index in [-0.39, 0.29) is 28.5 Å². The molecular weight excluding hydrogens is 423 g/mol. The molecule has 3 aromatic rings. The summed E-state index contributed by atoms with van der Waals surface area (Å²) in [7, 11) is 0. The minimum Gasteiger partial charge on any atom is -0.433 e. The smallest absolute Gasteiger partial charge is 0.433 e. The van der Waals surface area contributed by atoms with Crippen molar-refractivity contribution >= 4 is 17.2 Å². The topological polar surface area (TPSA) is 68.5 Å². The minimum absolute atomic E-state index is 0.0678. The van der Waals surface area contributed by atoms with Gasteiger partial charge in [0.1, 0.15) is 11.4 Å². The predicted molar refractivity (Wildman–Crippen MR) is 102 cm³/mol. The van der Waals surface area contributed by atoms with Crippen LogP contribution in [0.15, 0.2) is 30.3 Å². The van der Waals surface area contributed by atoms with E-state index in [1.54, 1.807) is 27.7 Å². The highest BCUT2D eigenvalue weighted by Gasteiger charge is 2.36. The maximum atomic E-state index is 13.6. The van der Waals surface area contributed by atoms with Gasteiger partial charge in [0.25, 0.3) is 5.91 Å². The zero-order chi connectivity index (χ0) is 23.1. The number of nitrogens with one attached hydrogen (secondary N) is 1. The molecule has 0 aliphatic carbocycles. The van der Waals surface area contributed by atoms with E-state index in [4.69, 9.17) is 0 Å². The summed E-state index contributed by atoms with van der Waals surface area (Å²) in [6, 6.07) is 6.13. The lowest BCUT2D eigenvalue weighted by Crippen LogP contribution is -2.20. The van der Waals surface area contributed by atoms with E-state index in [1.165, 1.54) is 18.2 Å². The van der Waals surface area contributed by atoms with Crippen molar-refractivity contribution in [1.29, 1.82) is 0 Å². The zero-order valence-electron chi connectivity index (χ0n) is 17.0. The van der Waals surface area contributed by atoms with Crippen molar-refractivity contribution in [3.63, 3.8) is 0 Å². The molecule has 6 nitrogen and oxygen atoms in total. The van der Waals surface area contributed by atoms with Crippen LogP contribution in [0.2, 0.25) is 0 Å². The van der Waals surface area contributed by atoms with Crippen LogP contribution >= 0.6 is 0 Å². The zero-order valence-corrected chi connectivity index (χ0v) is 17.0. The van der Waals surface area contributed by atoms with Crippen LogP contribution < -0.4 is 10.1 Å². The van der Waals surface area contributed by atoms with E-state index >= 15 is 0 Å². The number of alkyl halides is 5. The van der Waals surface area contributed by atoms with Crippen molar-refractivity contribution in [1.82, 2.24) is 14.6 Å². The van der Waals surface area contributed by atoms with Gasteiger partial charge in [-0.25, -0.2) is 9.50 Å². The Morgan fingerprint density at radius 3 is 2.39 bits per heavy atom. The lowest BCUT2D eigenvalue weighted by molar-refractivity contribution is -0.142. The Morgan fingerprint density at radius 2 is 1.81 bits per heavy atom. The highest BCUT2D eigenvalue weighted by Crippen LogP contribution is 2.33. The highest BCUT2D eigenvalue weighted by atomic mass is 19.4. The number of carbonyl (C=O) groups excluding carboxylic acids is 1. The number of aryl methyl sites for hydroxylation is 1. The summed E-state index contributed by atoms with van der Waals surface area (Å²) in [5, 5.41) is 6.10. The van der Waals surface area contributed by atoms with Crippen LogP contribution in [0.4, 0.5) is 27.6 Å². The van der Waals surface area contributed by atoms with Gasteiger partial charge in [-0.2, -0.15) is 27.1 Å². The average molecular weight is 442 g/mol. The van der Waals surface area contributed by atoms with Crippen LogP contribution in [0.3, 0.4) is 0 Å². The molecule has 0 fully saturated rings. The molecule has 0 aliphatic rings. The summed E-state index contributed by atoms with van der Waals surface area (Å²) in [4.78, 5) is 16.8. The van der Waals surface area contributed by atoms with Crippen LogP contribution in [0.25, 0.3) is 5.65 Å². The van der Waals surface area contributed by atoms with Gasteiger partial charge in [-0.15, -0.1) is 0 Å². The molecule has 1 aromatic carbocycles. The number of rotatable bonds is 4. The molecule has 0 unspecified atom stereocenters. The van der Waals surface area contributed by atoms with Gasteiger partial charge < -0.3 is 10.1 Å². The van der Waals surface area contributed by atoms with Crippen molar-refractivity contribution < 1.29 is 31.5 Å². The van der Waals surface area contributed by atoms with Gasteiger partial charge in [0.15, 0.2) is 11.3 Å². The third kappa shape index (κ3) is 4.92. The maximum absolute atomic E-state index is 13.6. The van der Waals surface area contributed by atoms with Crippen LogP contribution in [0.5, 0.6) is 5.75 Å². The first-order chi connectivity index (χ1) is 14.3. The Bertz CT molecular complexity index is 1130. The van der Waals surface area contributed by atoms with Gasteiger partial charge in [0.05, 0.1) is 11.4 Å². The van der Waals surface area contributed by atoms with Crippen molar-refractivity contribution in [2.45, 2.75) is 45.9 Å². The Kier molecular flexibility index (Phi) is 5.64. The number of ether oxygens (including phenoxy) is 1. The fourth-order valence-electron chi connectivity index (χ4n) is 2.80. The number of nitrogens with zero attached hydrogens (tertiary/aromatic N) is 3. The van der Waals surface area contributed by atoms with Gasteiger partial charge in [-0.3, -0.25) is 4.79 Å². The SMILES string of the molecule is Cc1ccc(OC(F)F)c(NC(=O)c2cc3nc(C(C)(C)C)cc(C(F)(F)F)n3n2)c1. The Balaban J connectivity index is 2.04. The molecule has 0 saturated heterocycles. The fourth-order valence-corrected chi connectivity index (χ4v) is 2.80. The molecule has 11 heteroatoms. The highest BCUT2D eigenvalue weighted by molar-refractivity contribution is 6.04. The Morgan fingerprint density at radius 1 is 1.13 bits per heavy atom. The van der Waals surface area contributed by atoms with Crippen molar-refractivity contribution in [3.05, 3.63) is 53.0 Å². The van der Waals surface area contributed by atoms with E-state index in [0.29, 0.717) is 10.1 Å². The molecule has 166 valence electrons. The second-order valence-corrected chi connectivity index (χ2v) is 7.91. The average Bonchev–Trinajstić information content (AvgIpc) is 3.05. The summed E-state index contributed by atoms with van der Waals surface area (Å²) in [5.41, 5.74) is -1.56. The fraction of sp³-hybridized carbons (Fsp3) is 0.350. The monoisotopic (exact) mass is 442 g/mol. The van der Waals surface area contributed by atoms with Gasteiger partial charge in [-0.1, -0.05) is 26.8 Å². The van der Waals surface area contributed by atoms with Crippen molar-refractivity contribution in [3.8, 4) is 5.75 Å². The molecule has 0 saturated carbocycles. The van der Waals surface area contributed by atoms with Gasteiger partial charge in [0, 0.05) is 11.5 Å². The molecule has 0 aliphatic heterocycles.